The Hall–Kier alpha value is -0.830. The van der Waals surface area contributed by atoms with E-state index in [1.807, 2.05) is 0 Å². The van der Waals surface area contributed by atoms with Crippen LogP contribution in [0.1, 0.15) is 45.4 Å². The zero-order valence-corrected chi connectivity index (χ0v) is 9.54. The highest BCUT2D eigenvalue weighted by Gasteiger charge is 2.09. The van der Waals surface area contributed by atoms with Crippen molar-refractivity contribution in [3.63, 3.8) is 0 Å². The molecule has 1 unspecified atom stereocenters. The van der Waals surface area contributed by atoms with Gasteiger partial charge >= 0.3 is 5.97 Å². The molecule has 0 saturated carbocycles. The average molecular weight is 214 g/mol. The molecule has 0 spiro atoms. The maximum atomic E-state index is 10.5. The number of aliphatic hydroxyl groups excluding tert-OH is 1. The molecule has 2 N–H and O–H groups in total. The third-order valence-corrected chi connectivity index (χ3v) is 2.75. The molecule has 0 aliphatic heterocycles. The Balaban J connectivity index is 3.69. The molecule has 0 aliphatic carbocycles. The summed E-state index contributed by atoms with van der Waals surface area (Å²) in [5.41, 5.74) is 0.301. The summed E-state index contributed by atoms with van der Waals surface area (Å²) in [6, 6.07) is 0. The van der Waals surface area contributed by atoms with Gasteiger partial charge in [-0.3, -0.25) is 0 Å². The summed E-state index contributed by atoms with van der Waals surface area (Å²) in [6.07, 6.45) is 5.48. The Labute approximate surface area is 91.8 Å². The van der Waals surface area contributed by atoms with Crippen LogP contribution in [0.3, 0.4) is 0 Å². The molecule has 0 amide bonds. The summed E-state index contributed by atoms with van der Waals surface area (Å²) >= 11 is 0. The number of carbonyl (C=O) groups is 1. The van der Waals surface area contributed by atoms with E-state index < -0.39 is 5.97 Å². The summed E-state index contributed by atoms with van der Waals surface area (Å²) in [5.74, 6) is -0.326. The van der Waals surface area contributed by atoms with Gasteiger partial charge in [-0.05, 0) is 25.2 Å². The largest absolute Gasteiger partial charge is 0.478 e. The standard InChI is InChI=1S/C12H22O3/c1-3-11(6-4-5-9-13)8-7-10(2)12(14)15/h11,13H,2-9H2,1H3,(H,14,15). The number of carboxylic acid groups (broad SMARTS) is 1. The van der Waals surface area contributed by atoms with Crippen LogP contribution in [-0.2, 0) is 4.79 Å². The van der Waals surface area contributed by atoms with Gasteiger partial charge in [-0.2, -0.15) is 0 Å². The van der Waals surface area contributed by atoms with Crippen molar-refractivity contribution in [1.82, 2.24) is 0 Å². The molecular formula is C12H22O3. The van der Waals surface area contributed by atoms with Crippen LogP contribution in [-0.4, -0.2) is 22.8 Å². The van der Waals surface area contributed by atoms with Crippen LogP contribution in [0.5, 0.6) is 0 Å². The van der Waals surface area contributed by atoms with Crippen LogP contribution >= 0.6 is 0 Å². The first-order chi connectivity index (χ1) is 7.11. The molecule has 0 saturated heterocycles. The molecule has 0 radical (unpaired) electrons. The van der Waals surface area contributed by atoms with Gasteiger partial charge in [0.2, 0.25) is 0 Å². The highest BCUT2D eigenvalue weighted by molar-refractivity contribution is 5.85. The van der Waals surface area contributed by atoms with Crippen molar-refractivity contribution in [1.29, 1.82) is 0 Å². The molecule has 0 aliphatic rings. The molecule has 0 aromatic carbocycles. The Morgan fingerprint density at radius 2 is 2.00 bits per heavy atom. The molecule has 0 aromatic heterocycles. The van der Waals surface area contributed by atoms with E-state index in [4.69, 9.17) is 10.2 Å². The first-order valence-corrected chi connectivity index (χ1v) is 5.63. The minimum absolute atomic E-state index is 0.248. The van der Waals surface area contributed by atoms with Crippen molar-refractivity contribution in [2.24, 2.45) is 5.92 Å². The molecule has 15 heavy (non-hydrogen) atoms. The molecule has 0 bridgehead atoms. The second-order valence-electron chi connectivity index (χ2n) is 3.94. The number of hydrogen-bond donors (Lipinski definition) is 2. The molecule has 1 atom stereocenters. The summed E-state index contributed by atoms with van der Waals surface area (Å²) < 4.78 is 0. The smallest absolute Gasteiger partial charge is 0.330 e. The monoisotopic (exact) mass is 214 g/mol. The minimum atomic E-state index is -0.889. The summed E-state index contributed by atoms with van der Waals surface area (Å²) in [4.78, 5) is 10.5. The lowest BCUT2D eigenvalue weighted by Crippen LogP contribution is -2.04. The van der Waals surface area contributed by atoms with E-state index in [9.17, 15) is 4.79 Å². The maximum Gasteiger partial charge on any atom is 0.330 e. The first kappa shape index (κ1) is 14.2. The van der Waals surface area contributed by atoms with Gasteiger partial charge in [0.1, 0.15) is 0 Å². The molecular weight excluding hydrogens is 192 g/mol. The maximum absolute atomic E-state index is 10.5. The van der Waals surface area contributed by atoms with E-state index >= 15 is 0 Å². The molecule has 0 heterocycles. The van der Waals surface area contributed by atoms with E-state index in [1.165, 1.54) is 0 Å². The zero-order chi connectivity index (χ0) is 11.7. The molecule has 0 fully saturated rings. The molecule has 3 nitrogen and oxygen atoms in total. The van der Waals surface area contributed by atoms with Crippen molar-refractivity contribution < 1.29 is 15.0 Å². The van der Waals surface area contributed by atoms with Gasteiger partial charge in [-0.1, -0.05) is 32.8 Å². The van der Waals surface area contributed by atoms with Crippen LogP contribution in [0.2, 0.25) is 0 Å². The van der Waals surface area contributed by atoms with Gasteiger partial charge in [0.15, 0.2) is 0 Å². The van der Waals surface area contributed by atoms with E-state index in [2.05, 4.69) is 13.5 Å². The van der Waals surface area contributed by atoms with Crippen LogP contribution in [0.25, 0.3) is 0 Å². The van der Waals surface area contributed by atoms with Gasteiger partial charge in [0.25, 0.3) is 0 Å². The Morgan fingerprint density at radius 1 is 1.33 bits per heavy atom. The number of rotatable bonds is 9. The molecule has 0 rings (SSSR count). The van der Waals surface area contributed by atoms with Crippen molar-refractivity contribution in [2.45, 2.75) is 45.4 Å². The Kier molecular flexibility index (Phi) is 8.01. The zero-order valence-electron chi connectivity index (χ0n) is 9.54. The van der Waals surface area contributed by atoms with Crippen LogP contribution in [0.15, 0.2) is 12.2 Å². The van der Waals surface area contributed by atoms with Gasteiger partial charge in [-0.15, -0.1) is 0 Å². The van der Waals surface area contributed by atoms with Crippen LogP contribution < -0.4 is 0 Å². The topological polar surface area (TPSA) is 57.5 Å². The molecule has 88 valence electrons. The van der Waals surface area contributed by atoms with Crippen LogP contribution in [0, 0.1) is 5.92 Å². The Morgan fingerprint density at radius 3 is 2.47 bits per heavy atom. The predicted octanol–water partition coefficient (Wildman–Crippen LogP) is 2.60. The molecule has 3 heteroatoms. The summed E-state index contributed by atoms with van der Waals surface area (Å²) in [5, 5.41) is 17.3. The number of hydrogen-bond acceptors (Lipinski definition) is 2. The van der Waals surface area contributed by atoms with Gasteiger partial charge in [-0.25, -0.2) is 4.79 Å². The Bertz CT molecular complexity index is 199. The average Bonchev–Trinajstić information content (AvgIpc) is 2.22. The van der Waals surface area contributed by atoms with Gasteiger partial charge in [0, 0.05) is 12.2 Å². The highest BCUT2D eigenvalue weighted by Crippen LogP contribution is 2.20. The fourth-order valence-corrected chi connectivity index (χ4v) is 1.58. The van der Waals surface area contributed by atoms with Crippen molar-refractivity contribution in [3.05, 3.63) is 12.2 Å². The summed E-state index contributed by atoms with van der Waals surface area (Å²) in [6.45, 7) is 5.88. The second kappa shape index (κ2) is 8.48. The number of carboxylic acids is 1. The number of aliphatic carboxylic acids is 1. The van der Waals surface area contributed by atoms with Gasteiger partial charge in [0.05, 0.1) is 0 Å². The van der Waals surface area contributed by atoms with Crippen molar-refractivity contribution in [3.8, 4) is 0 Å². The lowest BCUT2D eigenvalue weighted by molar-refractivity contribution is -0.132. The fraction of sp³-hybridized carbons (Fsp3) is 0.750. The van der Waals surface area contributed by atoms with E-state index in [1.54, 1.807) is 0 Å². The summed E-state index contributed by atoms with van der Waals surface area (Å²) in [7, 11) is 0. The predicted molar refractivity (Wildman–Crippen MR) is 60.7 cm³/mol. The minimum Gasteiger partial charge on any atom is -0.478 e. The normalized spacial score (nSPS) is 12.4. The highest BCUT2D eigenvalue weighted by atomic mass is 16.4. The number of unbranched alkanes of at least 4 members (excludes halogenated alkanes) is 1. The van der Waals surface area contributed by atoms with E-state index in [0.717, 1.165) is 32.1 Å². The lowest BCUT2D eigenvalue weighted by Gasteiger charge is -2.13. The van der Waals surface area contributed by atoms with Crippen molar-refractivity contribution in [2.75, 3.05) is 6.61 Å². The third-order valence-electron chi connectivity index (χ3n) is 2.75. The van der Waals surface area contributed by atoms with Gasteiger partial charge < -0.3 is 10.2 Å². The third kappa shape index (κ3) is 7.14. The SMILES string of the molecule is C=C(CCC(CC)CCCCO)C(=O)O. The van der Waals surface area contributed by atoms with Crippen LogP contribution in [0.4, 0.5) is 0 Å². The van der Waals surface area contributed by atoms with E-state index in [0.29, 0.717) is 17.9 Å². The first-order valence-electron chi connectivity index (χ1n) is 5.63. The fourth-order valence-electron chi connectivity index (χ4n) is 1.58. The second-order valence-corrected chi connectivity index (χ2v) is 3.94. The van der Waals surface area contributed by atoms with E-state index in [-0.39, 0.29) is 6.61 Å². The lowest BCUT2D eigenvalue weighted by atomic mass is 9.92. The number of aliphatic hydroxyl groups is 1. The van der Waals surface area contributed by atoms with Crippen molar-refractivity contribution >= 4 is 5.97 Å². The quantitative estimate of drug-likeness (QED) is 0.458. The molecule has 0 aromatic rings.